The molecule has 0 aromatic heterocycles. The van der Waals surface area contributed by atoms with Gasteiger partial charge in [0.25, 0.3) is 0 Å². The van der Waals surface area contributed by atoms with E-state index in [4.69, 9.17) is 9.47 Å². The lowest BCUT2D eigenvalue weighted by Crippen LogP contribution is -2.64. The van der Waals surface area contributed by atoms with Gasteiger partial charge in [0.15, 0.2) is 14.6 Å². The molecule has 240 valence electrons. The second-order valence-electron chi connectivity index (χ2n) is 11.9. The Morgan fingerprint density at radius 3 is 2.27 bits per heavy atom. The number of phenols is 1. The van der Waals surface area contributed by atoms with Crippen molar-refractivity contribution < 1.29 is 42.5 Å². The average molecular weight is 639 g/mol. The van der Waals surface area contributed by atoms with Gasteiger partial charge in [-0.2, -0.15) is 0 Å². The van der Waals surface area contributed by atoms with Crippen LogP contribution in [-0.4, -0.2) is 78.1 Å². The van der Waals surface area contributed by atoms with Gasteiger partial charge in [-0.1, -0.05) is 48.5 Å². The molecule has 2 amide bonds. The molecule has 1 heterocycles. The molecule has 0 bridgehead atoms. The van der Waals surface area contributed by atoms with E-state index in [0.717, 1.165) is 0 Å². The molecule has 12 heteroatoms. The van der Waals surface area contributed by atoms with Crippen LogP contribution in [0.1, 0.15) is 39.2 Å². The summed E-state index contributed by atoms with van der Waals surface area (Å²) >= 11 is 0. The Hall–Kier alpha value is -4.58. The number of likely N-dealkylation sites (tertiary alicyclic amines) is 1. The number of benzene rings is 3. The number of rotatable bonds is 9. The lowest BCUT2D eigenvalue weighted by Gasteiger charge is -2.41. The molecule has 1 aliphatic heterocycles. The van der Waals surface area contributed by atoms with Gasteiger partial charge in [-0.15, -0.1) is 0 Å². The van der Waals surface area contributed by atoms with Crippen molar-refractivity contribution in [2.45, 2.75) is 61.3 Å². The van der Waals surface area contributed by atoms with Gasteiger partial charge in [-0.05, 0) is 69.0 Å². The highest BCUT2D eigenvalue weighted by atomic mass is 32.2. The molecule has 1 aliphatic rings. The van der Waals surface area contributed by atoms with Crippen LogP contribution in [0.2, 0.25) is 0 Å². The topological polar surface area (TPSA) is 160 Å². The molecule has 1 fully saturated rings. The lowest BCUT2D eigenvalue weighted by atomic mass is 9.94. The van der Waals surface area contributed by atoms with Crippen molar-refractivity contribution in [3.8, 4) is 22.6 Å². The fraction of sp³-hybridized carbons (Fsp3) is 0.364. The van der Waals surface area contributed by atoms with Crippen LogP contribution in [0.15, 0.2) is 77.7 Å². The fourth-order valence-electron chi connectivity index (χ4n) is 5.37. The highest BCUT2D eigenvalue weighted by molar-refractivity contribution is 7.93. The highest BCUT2D eigenvalue weighted by Crippen LogP contribution is 2.38. The predicted octanol–water partition coefficient (Wildman–Crippen LogP) is 4.42. The summed E-state index contributed by atoms with van der Waals surface area (Å²) < 4.78 is 37.0. The first-order valence-corrected chi connectivity index (χ1v) is 15.9. The zero-order chi connectivity index (χ0) is 33.0. The Morgan fingerprint density at radius 1 is 1.00 bits per heavy atom. The van der Waals surface area contributed by atoms with E-state index >= 15 is 0 Å². The third-order valence-electron chi connectivity index (χ3n) is 7.60. The SMILES string of the molecule is COc1cccc(O)c1-c1ccc(C[C@H](NC(=O)C2(S(=O)(=O)c3ccccc3)CCCN(C(=O)OC(C)(C)C)C2)C(=O)O)cc1. The first-order chi connectivity index (χ1) is 21.2. The Labute approximate surface area is 262 Å². The van der Waals surface area contributed by atoms with Gasteiger partial charge in [0.05, 0.1) is 24.1 Å². The summed E-state index contributed by atoms with van der Waals surface area (Å²) in [4.78, 5) is 40.5. The van der Waals surface area contributed by atoms with E-state index in [1.165, 1.54) is 42.3 Å². The molecular weight excluding hydrogens is 600 g/mol. The van der Waals surface area contributed by atoms with Crippen molar-refractivity contribution in [2.24, 2.45) is 0 Å². The Balaban J connectivity index is 1.64. The van der Waals surface area contributed by atoms with Crippen LogP contribution in [0.25, 0.3) is 11.1 Å². The molecule has 3 aromatic rings. The fourth-order valence-corrected chi connectivity index (χ4v) is 7.38. The van der Waals surface area contributed by atoms with E-state index in [-0.39, 0.29) is 36.5 Å². The Bertz CT molecular complexity index is 1650. The van der Waals surface area contributed by atoms with E-state index in [1.54, 1.807) is 63.2 Å². The number of carbonyl (C=O) groups is 3. The number of hydrogen-bond acceptors (Lipinski definition) is 8. The zero-order valence-electron chi connectivity index (χ0n) is 25.6. The van der Waals surface area contributed by atoms with Crippen molar-refractivity contribution >= 4 is 27.8 Å². The quantitative estimate of drug-likeness (QED) is 0.308. The summed E-state index contributed by atoms with van der Waals surface area (Å²) in [5.74, 6) is -1.91. The monoisotopic (exact) mass is 638 g/mol. The van der Waals surface area contributed by atoms with Gasteiger partial charge in [-0.25, -0.2) is 18.0 Å². The first kappa shape index (κ1) is 33.3. The van der Waals surface area contributed by atoms with Crippen molar-refractivity contribution in [3.05, 3.63) is 78.4 Å². The largest absolute Gasteiger partial charge is 0.507 e. The number of nitrogens with zero attached hydrogens (tertiary/aromatic N) is 1. The first-order valence-electron chi connectivity index (χ1n) is 14.5. The molecule has 0 radical (unpaired) electrons. The van der Waals surface area contributed by atoms with Gasteiger partial charge in [0, 0.05) is 13.0 Å². The van der Waals surface area contributed by atoms with Gasteiger partial charge in [0.2, 0.25) is 5.91 Å². The number of amides is 2. The maximum atomic E-state index is 14.1. The number of carbonyl (C=O) groups excluding carboxylic acids is 2. The molecule has 0 spiro atoms. The van der Waals surface area contributed by atoms with Crippen molar-refractivity contribution in [1.82, 2.24) is 10.2 Å². The number of methoxy groups -OCH3 is 1. The second kappa shape index (κ2) is 13.2. The van der Waals surface area contributed by atoms with E-state index in [1.807, 2.05) is 0 Å². The number of aliphatic carboxylic acids is 1. The number of piperidine rings is 1. The molecule has 11 nitrogen and oxygen atoms in total. The number of carboxylic acids is 1. The van der Waals surface area contributed by atoms with Gasteiger partial charge in [-0.3, -0.25) is 4.79 Å². The van der Waals surface area contributed by atoms with E-state index in [2.05, 4.69) is 5.32 Å². The minimum atomic E-state index is -4.41. The van der Waals surface area contributed by atoms with Crippen LogP contribution in [-0.2, 0) is 30.6 Å². The highest BCUT2D eigenvalue weighted by Gasteiger charge is 2.55. The molecular formula is C33H38N2O9S. The van der Waals surface area contributed by atoms with E-state index in [9.17, 15) is 33.0 Å². The number of ether oxygens (including phenoxy) is 2. The molecule has 3 N–H and O–H groups in total. The van der Waals surface area contributed by atoms with Crippen LogP contribution in [0.3, 0.4) is 0 Å². The summed E-state index contributed by atoms with van der Waals surface area (Å²) in [6, 6.07) is 17.5. The maximum Gasteiger partial charge on any atom is 0.410 e. The molecule has 2 atom stereocenters. The van der Waals surface area contributed by atoms with Crippen LogP contribution < -0.4 is 10.1 Å². The summed E-state index contributed by atoms with van der Waals surface area (Å²) in [6.45, 7) is 4.70. The minimum Gasteiger partial charge on any atom is -0.507 e. The van der Waals surface area contributed by atoms with Gasteiger partial charge in [0.1, 0.15) is 23.1 Å². The smallest absolute Gasteiger partial charge is 0.410 e. The van der Waals surface area contributed by atoms with Gasteiger partial charge >= 0.3 is 12.1 Å². The van der Waals surface area contributed by atoms with Crippen molar-refractivity contribution in [3.63, 3.8) is 0 Å². The average Bonchev–Trinajstić information content (AvgIpc) is 3.00. The number of hydrogen-bond donors (Lipinski definition) is 3. The summed E-state index contributed by atoms with van der Waals surface area (Å²) in [7, 11) is -2.93. The normalized spacial score (nSPS) is 17.6. The third kappa shape index (κ3) is 7.22. The Morgan fingerprint density at radius 2 is 1.67 bits per heavy atom. The summed E-state index contributed by atoms with van der Waals surface area (Å²) in [5, 5.41) is 22.9. The molecule has 45 heavy (non-hydrogen) atoms. The van der Waals surface area contributed by atoms with Crippen LogP contribution in [0.4, 0.5) is 4.79 Å². The van der Waals surface area contributed by atoms with Crippen LogP contribution in [0.5, 0.6) is 11.5 Å². The summed E-state index contributed by atoms with van der Waals surface area (Å²) in [6.07, 6.45) is -0.873. The van der Waals surface area contributed by atoms with Crippen molar-refractivity contribution in [2.75, 3.05) is 20.2 Å². The van der Waals surface area contributed by atoms with Crippen LogP contribution >= 0.6 is 0 Å². The molecule has 0 saturated carbocycles. The maximum absolute atomic E-state index is 14.1. The molecule has 1 unspecified atom stereocenters. The molecule has 4 rings (SSSR count). The number of carboxylic acid groups (broad SMARTS) is 1. The number of sulfone groups is 1. The van der Waals surface area contributed by atoms with E-state index < -0.39 is 50.7 Å². The van der Waals surface area contributed by atoms with Crippen molar-refractivity contribution in [1.29, 1.82) is 0 Å². The lowest BCUT2D eigenvalue weighted by molar-refractivity contribution is -0.142. The zero-order valence-corrected chi connectivity index (χ0v) is 26.5. The molecule has 0 aliphatic carbocycles. The standard InChI is InChI=1S/C33H38N2O9S/c1-32(2,3)44-31(40)35-19-9-18-33(21-35,45(41,42)24-10-6-5-7-11-24)30(39)34-25(29(37)38)20-22-14-16-23(17-15-22)28-26(36)12-8-13-27(28)43-4/h5-8,10-17,25,36H,9,18-21H2,1-4H3,(H,34,39)(H,37,38)/t25-,33?/m0/s1. The molecule has 1 saturated heterocycles. The molecule has 3 aromatic carbocycles. The third-order valence-corrected chi connectivity index (χ3v) is 10.0. The second-order valence-corrected chi connectivity index (χ2v) is 14.2. The minimum absolute atomic E-state index is 0.00982. The van der Waals surface area contributed by atoms with Gasteiger partial charge < -0.3 is 29.9 Å². The summed E-state index contributed by atoms with van der Waals surface area (Å²) in [5.41, 5.74) is 0.780. The Kier molecular flexibility index (Phi) is 9.76. The van der Waals surface area contributed by atoms with Crippen LogP contribution in [0, 0.1) is 0 Å². The predicted molar refractivity (Wildman–Crippen MR) is 167 cm³/mol. The number of phenolic OH excluding ortho intramolecular Hbond substituents is 1. The van der Waals surface area contributed by atoms with E-state index in [0.29, 0.717) is 22.4 Å². The number of nitrogens with one attached hydrogen (secondary N) is 1. The number of aromatic hydroxyl groups is 1.